The zero-order valence-corrected chi connectivity index (χ0v) is 12.1. The van der Waals surface area contributed by atoms with Crippen LogP contribution >= 0.6 is 10.7 Å². The quantitative estimate of drug-likeness (QED) is 0.808. The zero-order valence-electron chi connectivity index (χ0n) is 10.5. The molecule has 0 aliphatic heterocycles. The highest BCUT2D eigenvalue weighted by Gasteiger charge is 2.15. The van der Waals surface area contributed by atoms with Gasteiger partial charge in [0.15, 0.2) is 0 Å². The van der Waals surface area contributed by atoms with E-state index in [1.54, 1.807) is 44.4 Å². The Morgan fingerprint density at radius 2 is 1.89 bits per heavy atom. The molecule has 0 radical (unpaired) electrons. The van der Waals surface area contributed by atoms with Gasteiger partial charge < -0.3 is 4.57 Å². The number of imidazole rings is 1. The fraction of sp³-hybridized carbons (Fsp3) is 0.250. The molecule has 102 valence electrons. The highest BCUT2D eigenvalue weighted by molar-refractivity contribution is 8.13. The van der Waals surface area contributed by atoms with E-state index >= 15 is 0 Å². The van der Waals surface area contributed by atoms with Crippen molar-refractivity contribution in [2.75, 3.05) is 0 Å². The molecule has 0 bridgehead atoms. The lowest BCUT2D eigenvalue weighted by atomic mass is 10.2. The monoisotopic (exact) mass is 300 g/mol. The first-order valence-electron chi connectivity index (χ1n) is 5.55. The van der Waals surface area contributed by atoms with Gasteiger partial charge in [-0.15, -0.1) is 0 Å². The third kappa shape index (κ3) is 2.90. The van der Waals surface area contributed by atoms with E-state index in [9.17, 15) is 13.2 Å². The Morgan fingerprint density at radius 1 is 1.26 bits per heavy atom. The highest BCUT2D eigenvalue weighted by Crippen LogP contribution is 2.19. The molecule has 0 spiro atoms. The molecule has 0 fully saturated rings. The molecule has 0 aliphatic carbocycles. The van der Waals surface area contributed by atoms with Gasteiger partial charge in [0.1, 0.15) is 0 Å². The summed E-state index contributed by atoms with van der Waals surface area (Å²) in [4.78, 5) is 12.1. The first-order chi connectivity index (χ1) is 8.79. The molecule has 5 nitrogen and oxygen atoms in total. The zero-order chi connectivity index (χ0) is 14.2. The van der Waals surface area contributed by atoms with Crippen LogP contribution in [0.15, 0.2) is 35.3 Å². The van der Waals surface area contributed by atoms with Crippen LogP contribution in [0.2, 0.25) is 0 Å². The van der Waals surface area contributed by atoms with Crippen molar-refractivity contribution in [3.8, 4) is 5.69 Å². The van der Waals surface area contributed by atoms with Gasteiger partial charge in [-0.3, -0.25) is 4.57 Å². The Morgan fingerprint density at radius 3 is 2.42 bits per heavy atom. The van der Waals surface area contributed by atoms with Gasteiger partial charge in [-0.1, -0.05) is 18.2 Å². The van der Waals surface area contributed by atoms with Crippen molar-refractivity contribution in [1.29, 1.82) is 0 Å². The second kappa shape index (κ2) is 4.86. The molecule has 0 aliphatic rings. The average Bonchev–Trinajstić information content (AvgIpc) is 2.52. The molecule has 0 unspecified atom stereocenters. The van der Waals surface area contributed by atoms with Crippen LogP contribution in [0.5, 0.6) is 0 Å². The van der Waals surface area contributed by atoms with Crippen LogP contribution in [-0.4, -0.2) is 17.6 Å². The van der Waals surface area contributed by atoms with Gasteiger partial charge in [-0.05, 0) is 18.6 Å². The van der Waals surface area contributed by atoms with E-state index in [0.717, 1.165) is 5.69 Å². The summed E-state index contributed by atoms with van der Waals surface area (Å²) in [6.07, 6.45) is 1.69. The molecule has 2 aromatic rings. The Bertz CT molecular complexity index is 775. The predicted molar refractivity (Wildman–Crippen MR) is 74.2 cm³/mol. The third-order valence-electron chi connectivity index (χ3n) is 2.79. The molecule has 0 N–H and O–H groups in total. The van der Waals surface area contributed by atoms with E-state index in [0.29, 0.717) is 11.3 Å². The lowest BCUT2D eigenvalue weighted by Gasteiger charge is -2.09. The molecule has 19 heavy (non-hydrogen) atoms. The number of nitrogens with zero attached hydrogens (tertiary/aromatic N) is 2. The number of hydrogen-bond donors (Lipinski definition) is 0. The summed E-state index contributed by atoms with van der Waals surface area (Å²) in [6, 6.07) is 6.81. The number of aryl methyl sites for hydroxylation is 2. The third-order valence-corrected chi connectivity index (χ3v) is 3.77. The van der Waals surface area contributed by atoms with Crippen LogP contribution in [0, 0.1) is 6.92 Å². The lowest BCUT2D eigenvalue weighted by Crippen LogP contribution is -2.22. The van der Waals surface area contributed by atoms with E-state index < -0.39 is 9.05 Å². The molecular formula is C12H13ClN2O3S. The van der Waals surface area contributed by atoms with E-state index in [4.69, 9.17) is 10.7 Å². The molecule has 1 aromatic carbocycles. The van der Waals surface area contributed by atoms with Gasteiger partial charge in [0.2, 0.25) is 9.05 Å². The topological polar surface area (TPSA) is 61.1 Å². The Balaban J connectivity index is 2.67. The van der Waals surface area contributed by atoms with Crippen LogP contribution in [-0.2, 0) is 21.9 Å². The van der Waals surface area contributed by atoms with E-state index in [-0.39, 0.29) is 11.4 Å². The first-order valence-corrected chi connectivity index (χ1v) is 8.03. The predicted octanol–water partition coefficient (Wildman–Crippen LogP) is 1.55. The van der Waals surface area contributed by atoms with Crippen molar-refractivity contribution in [3.05, 3.63) is 52.2 Å². The fourth-order valence-electron chi connectivity index (χ4n) is 2.03. The maximum Gasteiger partial charge on any atom is 0.332 e. The van der Waals surface area contributed by atoms with Gasteiger partial charge in [-0.25, -0.2) is 13.2 Å². The highest BCUT2D eigenvalue weighted by atomic mass is 35.7. The molecule has 2 rings (SSSR count). The van der Waals surface area contributed by atoms with Gasteiger partial charge in [0.05, 0.1) is 11.4 Å². The summed E-state index contributed by atoms with van der Waals surface area (Å²) >= 11 is 0. The molecule has 0 atom stereocenters. The number of rotatable bonds is 3. The van der Waals surface area contributed by atoms with Crippen molar-refractivity contribution >= 4 is 19.7 Å². The standard InChI is InChI=1S/C12H13ClN2O3S/c1-9-7-14(2)12(16)15(9)11-6-4-3-5-10(11)8-19(13,17)18/h3-7H,8H2,1-2H3. The summed E-state index contributed by atoms with van der Waals surface area (Å²) in [5.41, 5.74) is 1.53. The minimum Gasteiger partial charge on any atom is -0.302 e. The van der Waals surface area contributed by atoms with Gasteiger partial charge in [0, 0.05) is 29.6 Å². The van der Waals surface area contributed by atoms with Crippen molar-refractivity contribution in [3.63, 3.8) is 0 Å². The van der Waals surface area contributed by atoms with Gasteiger partial charge >= 0.3 is 5.69 Å². The van der Waals surface area contributed by atoms with E-state index in [1.807, 2.05) is 0 Å². The summed E-state index contributed by atoms with van der Waals surface area (Å²) in [6.45, 7) is 1.79. The first kappa shape index (κ1) is 13.9. The molecule has 0 saturated heterocycles. The van der Waals surface area contributed by atoms with Crippen LogP contribution < -0.4 is 5.69 Å². The van der Waals surface area contributed by atoms with E-state index in [2.05, 4.69) is 0 Å². The largest absolute Gasteiger partial charge is 0.332 e. The van der Waals surface area contributed by atoms with Crippen molar-refractivity contribution in [2.45, 2.75) is 12.7 Å². The summed E-state index contributed by atoms with van der Waals surface area (Å²) < 4.78 is 25.4. The van der Waals surface area contributed by atoms with Crippen LogP contribution in [0.1, 0.15) is 11.3 Å². The number of benzene rings is 1. The number of hydrogen-bond acceptors (Lipinski definition) is 3. The van der Waals surface area contributed by atoms with Gasteiger partial charge in [-0.2, -0.15) is 0 Å². The fourth-order valence-corrected chi connectivity index (χ4v) is 3.00. The summed E-state index contributed by atoms with van der Waals surface area (Å²) in [7, 11) is 3.26. The Labute approximate surface area is 115 Å². The average molecular weight is 301 g/mol. The second-order valence-corrected chi connectivity index (χ2v) is 7.09. The molecule has 1 aromatic heterocycles. The van der Waals surface area contributed by atoms with Crippen LogP contribution in [0.3, 0.4) is 0 Å². The SMILES string of the molecule is Cc1cn(C)c(=O)n1-c1ccccc1CS(=O)(=O)Cl. The van der Waals surface area contributed by atoms with E-state index in [1.165, 1.54) is 9.13 Å². The molecule has 7 heteroatoms. The maximum absolute atomic E-state index is 12.1. The van der Waals surface area contributed by atoms with Crippen LogP contribution in [0.25, 0.3) is 5.69 Å². The Hall–Kier alpha value is -1.53. The van der Waals surface area contributed by atoms with Crippen LogP contribution in [0.4, 0.5) is 0 Å². The minimum absolute atomic E-state index is 0.225. The normalized spacial score (nSPS) is 11.7. The number of aromatic nitrogens is 2. The minimum atomic E-state index is -3.68. The molecule has 0 amide bonds. The number of para-hydroxylation sites is 1. The van der Waals surface area contributed by atoms with Crippen molar-refractivity contribution in [2.24, 2.45) is 7.05 Å². The smallest absolute Gasteiger partial charge is 0.302 e. The summed E-state index contributed by atoms with van der Waals surface area (Å²) in [5.74, 6) is -0.314. The second-order valence-electron chi connectivity index (χ2n) is 4.31. The van der Waals surface area contributed by atoms with Crippen molar-refractivity contribution in [1.82, 2.24) is 9.13 Å². The summed E-state index contributed by atoms with van der Waals surface area (Å²) in [5, 5.41) is 0. The molecule has 0 saturated carbocycles. The van der Waals surface area contributed by atoms with Crippen molar-refractivity contribution < 1.29 is 8.42 Å². The maximum atomic E-state index is 12.1. The molecule has 1 heterocycles. The van der Waals surface area contributed by atoms with Gasteiger partial charge in [0.25, 0.3) is 0 Å². The number of halogens is 1. The molecular weight excluding hydrogens is 288 g/mol. The Kier molecular flexibility index (Phi) is 3.56. The lowest BCUT2D eigenvalue weighted by molar-refractivity contribution is 0.608.